The van der Waals surface area contributed by atoms with Gasteiger partial charge in [0.25, 0.3) is 5.91 Å². The van der Waals surface area contributed by atoms with Gasteiger partial charge in [0.05, 0.1) is 17.9 Å². The molecule has 8 heteroatoms. The van der Waals surface area contributed by atoms with Gasteiger partial charge >= 0.3 is 5.97 Å². The van der Waals surface area contributed by atoms with Crippen LogP contribution >= 0.6 is 0 Å². The predicted molar refractivity (Wildman–Crippen MR) is 109 cm³/mol. The fourth-order valence-corrected chi connectivity index (χ4v) is 4.87. The molecule has 1 amide bonds. The zero-order valence-corrected chi connectivity index (χ0v) is 17.6. The lowest BCUT2D eigenvalue weighted by molar-refractivity contribution is -0.148. The monoisotopic (exact) mass is 423 g/mol. The van der Waals surface area contributed by atoms with Gasteiger partial charge in [-0.2, -0.15) is 0 Å². The van der Waals surface area contributed by atoms with Crippen molar-refractivity contribution in [3.05, 3.63) is 35.4 Å². The van der Waals surface area contributed by atoms with Crippen LogP contribution in [0.3, 0.4) is 0 Å². The Bertz CT molecular complexity index is 816. The van der Waals surface area contributed by atoms with Crippen LogP contribution in [-0.2, 0) is 30.6 Å². The Balaban J connectivity index is 1.66. The van der Waals surface area contributed by atoms with Crippen molar-refractivity contribution in [2.24, 2.45) is 0 Å². The van der Waals surface area contributed by atoms with Gasteiger partial charge in [-0.05, 0) is 24.8 Å². The number of ether oxygens (including phenoxy) is 1. The van der Waals surface area contributed by atoms with E-state index in [1.807, 2.05) is 12.1 Å². The van der Waals surface area contributed by atoms with E-state index in [1.54, 1.807) is 12.1 Å². The molecule has 29 heavy (non-hydrogen) atoms. The topological polar surface area (TPSA) is 107 Å². The number of ketones is 1. The summed E-state index contributed by atoms with van der Waals surface area (Å²) in [6.45, 7) is 1.68. The van der Waals surface area contributed by atoms with Crippen LogP contribution in [0.25, 0.3) is 0 Å². The second-order valence-corrected chi connectivity index (χ2v) is 9.63. The van der Waals surface area contributed by atoms with Crippen molar-refractivity contribution in [3.63, 3.8) is 0 Å². The molecule has 1 atom stereocenters. The summed E-state index contributed by atoms with van der Waals surface area (Å²) >= 11 is 0. The van der Waals surface area contributed by atoms with Crippen LogP contribution in [0.1, 0.15) is 61.4 Å². The second-order valence-electron chi connectivity index (χ2n) is 7.41. The third kappa shape index (κ3) is 8.35. The molecule has 1 N–H and O–H groups in total. The van der Waals surface area contributed by atoms with Crippen molar-refractivity contribution < 1.29 is 27.5 Å². The van der Waals surface area contributed by atoms with E-state index < -0.39 is 34.4 Å². The minimum Gasteiger partial charge on any atom is -0.456 e. The SMILES string of the molecule is CCCCCc1ccc(C(=O)CCC(=O)OCC(=O)N[C@H]2CCS(=O)(=O)C2)cc1. The molecule has 2 rings (SSSR count). The van der Waals surface area contributed by atoms with Gasteiger partial charge in [-0.25, -0.2) is 8.42 Å². The number of nitrogens with one attached hydrogen (secondary N) is 1. The summed E-state index contributed by atoms with van der Waals surface area (Å²) in [5, 5.41) is 2.54. The van der Waals surface area contributed by atoms with Gasteiger partial charge < -0.3 is 10.1 Å². The molecule has 0 spiro atoms. The molecule has 1 aliphatic rings. The van der Waals surface area contributed by atoms with Crippen LogP contribution in [0, 0.1) is 0 Å². The number of Topliss-reactive ketones (excluding diaryl/α,β-unsaturated/α-hetero) is 1. The standard InChI is InChI=1S/C21H29NO6S/c1-2-3-4-5-16-6-8-17(9-7-16)19(23)10-11-21(25)28-14-20(24)22-18-12-13-29(26,27)15-18/h6-9,18H,2-5,10-15H2,1H3,(H,22,24)/t18-/m0/s1. The third-order valence-electron chi connectivity index (χ3n) is 4.86. The van der Waals surface area contributed by atoms with Crippen molar-refractivity contribution in [1.82, 2.24) is 5.32 Å². The number of sulfone groups is 1. The minimum atomic E-state index is -3.09. The van der Waals surface area contributed by atoms with Crippen molar-refractivity contribution >= 4 is 27.5 Å². The molecule has 1 aromatic carbocycles. The predicted octanol–water partition coefficient (Wildman–Crippen LogP) is 2.23. The van der Waals surface area contributed by atoms with Gasteiger partial charge in [-0.3, -0.25) is 14.4 Å². The number of unbranched alkanes of at least 4 members (excludes halogenated alkanes) is 2. The third-order valence-corrected chi connectivity index (χ3v) is 6.63. The smallest absolute Gasteiger partial charge is 0.306 e. The highest BCUT2D eigenvalue weighted by atomic mass is 32.2. The average molecular weight is 424 g/mol. The van der Waals surface area contributed by atoms with Crippen LogP contribution in [0.5, 0.6) is 0 Å². The summed E-state index contributed by atoms with van der Waals surface area (Å²) in [6, 6.07) is 7.00. The van der Waals surface area contributed by atoms with Crippen molar-refractivity contribution in [3.8, 4) is 0 Å². The molecule has 1 saturated heterocycles. The lowest BCUT2D eigenvalue weighted by atomic mass is 10.0. The number of hydrogen-bond donors (Lipinski definition) is 1. The molecule has 160 valence electrons. The van der Waals surface area contributed by atoms with Gasteiger partial charge in [0.1, 0.15) is 0 Å². The summed E-state index contributed by atoms with van der Waals surface area (Å²) < 4.78 is 27.6. The van der Waals surface area contributed by atoms with E-state index in [9.17, 15) is 22.8 Å². The zero-order valence-electron chi connectivity index (χ0n) is 16.8. The molecular weight excluding hydrogens is 394 g/mol. The van der Waals surface area contributed by atoms with Gasteiger partial charge in [0.2, 0.25) is 0 Å². The van der Waals surface area contributed by atoms with Crippen LogP contribution in [0.4, 0.5) is 0 Å². The molecule has 1 fully saturated rings. The number of carbonyl (C=O) groups excluding carboxylic acids is 3. The Hall–Kier alpha value is -2.22. The highest BCUT2D eigenvalue weighted by Crippen LogP contribution is 2.12. The van der Waals surface area contributed by atoms with Crippen molar-refractivity contribution in [2.75, 3.05) is 18.1 Å². The molecule has 1 aliphatic heterocycles. The number of amides is 1. The number of benzene rings is 1. The van der Waals surface area contributed by atoms with Crippen molar-refractivity contribution in [2.45, 2.75) is 57.9 Å². The quantitative estimate of drug-likeness (QED) is 0.332. The maximum atomic E-state index is 12.2. The highest BCUT2D eigenvalue weighted by molar-refractivity contribution is 7.91. The molecule has 0 aliphatic carbocycles. The Morgan fingerprint density at radius 1 is 1.10 bits per heavy atom. The lowest BCUT2D eigenvalue weighted by Gasteiger charge is -2.11. The van der Waals surface area contributed by atoms with Crippen LogP contribution < -0.4 is 5.32 Å². The summed E-state index contributed by atoms with van der Waals surface area (Å²) in [7, 11) is -3.09. The number of hydrogen-bond acceptors (Lipinski definition) is 6. The van der Waals surface area contributed by atoms with Crippen LogP contribution in [0.2, 0.25) is 0 Å². The Morgan fingerprint density at radius 3 is 2.45 bits per heavy atom. The Morgan fingerprint density at radius 2 is 1.83 bits per heavy atom. The molecule has 0 unspecified atom stereocenters. The Kier molecular flexibility index (Phi) is 8.82. The first kappa shape index (κ1) is 23.1. The summed E-state index contributed by atoms with van der Waals surface area (Å²) in [4.78, 5) is 35.7. The first-order chi connectivity index (χ1) is 13.8. The first-order valence-electron chi connectivity index (χ1n) is 10.1. The minimum absolute atomic E-state index is 0.0104. The van der Waals surface area contributed by atoms with Gasteiger partial charge in [0.15, 0.2) is 22.2 Å². The molecule has 0 aromatic heterocycles. The number of rotatable bonds is 11. The van der Waals surface area contributed by atoms with E-state index in [2.05, 4.69) is 12.2 Å². The molecule has 7 nitrogen and oxygen atoms in total. The highest BCUT2D eigenvalue weighted by Gasteiger charge is 2.29. The van der Waals surface area contributed by atoms with Gasteiger partial charge in [0, 0.05) is 18.0 Å². The number of esters is 1. The Labute approximate surface area is 172 Å². The summed E-state index contributed by atoms with van der Waals surface area (Å²) in [5.41, 5.74) is 1.74. The summed E-state index contributed by atoms with van der Waals surface area (Å²) in [6.07, 6.45) is 4.73. The van der Waals surface area contributed by atoms with Gasteiger partial charge in [-0.1, -0.05) is 44.0 Å². The van der Waals surface area contributed by atoms with Crippen LogP contribution in [0.15, 0.2) is 24.3 Å². The average Bonchev–Trinajstić information content (AvgIpc) is 3.03. The van der Waals surface area contributed by atoms with E-state index in [4.69, 9.17) is 4.74 Å². The van der Waals surface area contributed by atoms with E-state index >= 15 is 0 Å². The van der Waals surface area contributed by atoms with Crippen molar-refractivity contribution in [1.29, 1.82) is 0 Å². The van der Waals surface area contributed by atoms with Crippen LogP contribution in [-0.4, -0.2) is 50.2 Å². The fraction of sp³-hybridized carbons (Fsp3) is 0.571. The molecule has 0 radical (unpaired) electrons. The molecule has 1 heterocycles. The molecule has 0 saturated carbocycles. The fourth-order valence-electron chi connectivity index (χ4n) is 3.19. The van der Waals surface area contributed by atoms with E-state index in [-0.39, 0.29) is 30.1 Å². The maximum Gasteiger partial charge on any atom is 0.306 e. The normalized spacial score (nSPS) is 17.6. The van der Waals surface area contributed by atoms with E-state index in [1.165, 1.54) is 12.0 Å². The van der Waals surface area contributed by atoms with E-state index in [0.29, 0.717) is 12.0 Å². The largest absolute Gasteiger partial charge is 0.456 e. The second kappa shape index (κ2) is 11.1. The summed E-state index contributed by atoms with van der Waals surface area (Å²) in [5.74, 6) is -1.35. The lowest BCUT2D eigenvalue weighted by Crippen LogP contribution is -2.38. The molecule has 1 aromatic rings. The first-order valence-corrected chi connectivity index (χ1v) is 11.9. The maximum absolute atomic E-state index is 12.2. The van der Waals surface area contributed by atoms with E-state index in [0.717, 1.165) is 19.3 Å². The number of carbonyl (C=O) groups is 3. The molecular formula is C21H29NO6S. The molecule has 0 bridgehead atoms. The van der Waals surface area contributed by atoms with Gasteiger partial charge in [-0.15, -0.1) is 0 Å². The number of aryl methyl sites for hydroxylation is 1. The zero-order chi connectivity index (χ0) is 21.3.